The van der Waals surface area contributed by atoms with Crippen LogP contribution in [0.2, 0.25) is 5.28 Å². The maximum Gasteiger partial charge on any atom is 0.224 e. The van der Waals surface area contributed by atoms with Gasteiger partial charge in [-0.05, 0) is 36.7 Å². The van der Waals surface area contributed by atoms with Crippen molar-refractivity contribution in [3.05, 3.63) is 46.6 Å². The summed E-state index contributed by atoms with van der Waals surface area (Å²) in [6, 6.07) is 7.47. The Bertz CT molecular complexity index is 616. The van der Waals surface area contributed by atoms with Crippen LogP contribution in [0.3, 0.4) is 0 Å². The third kappa shape index (κ3) is 2.73. The number of hydrogen-bond donors (Lipinski definition) is 1. The third-order valence-corrected chi connectivity index (χ3v) is 2.36. The van der Waals surface area contributed by atoms with Crippen LogP contribution >= 0.6 is 11.6 Å². The number of aromatic nitrogens is 2. The van der Waals surface area contributed by atoms with E-state index in [2.05, 4.69) is 15.3 Å². The summed E-state index contributed by atoms with van der Waals surface area (Å²) < 4.78 is 13.0. The molecule has 0 saturated heterocycles. The van der Waals surface area contributed by atoms with E-state index in [4.69, 9.17) is 16.9 Å². The Balaban J connectivity index is 2.37. The minimum absolute atomic E-state index is 0.109. The van der Waals surface area contributed by atoms with E-state index in [0.717, 1.165) is 6.07 Å². The molecule has 2 aromatic rings. The highest BCUT2D eigenvalue weighted by Gasteiger charge is 2.06. The number of rotatable bonds is 2. The van der Waals surface area contributed by atoms with Gasteiger partial charge in [-0.15, -0.1) is 0 Å². The Labute approximate surface area is 108 Å². The Hall–Kier alpha value is -2.19. The van der Waals surface area contributed by atoms with Crippen LogP contribution in [0.1, 0.15) is 11.3 Å². The molecule has 1 N–H and O–H groups in total. The van der Waals surface area contributed by atoms with E-state index in [1.165, 1.54) is 12.1 Å². The van der Waals surface area contributed by atoms with E-state index in [9.17, 15) is 4.39 Å². The molecular weight excluding hydrogens is 255 g/mol. The van der Waals surface area contributed by atoms with Crippen LogP contribution in [0.25, 0.3) is 0 Å². The van der Waals surface area contributed by atoms with Crippen LogP contribution < -0.4 is 5.32 Å². The van der Waals surface area contributed by atoms with Crippen molar-refractivity contribution in [1.82, 2.24) is 9.97 Å². The van der Waals surface area contributed by atoms with Gasteiger partial charge < -0.3 is 5.32 Å². The first kappa shape index (κ1) is 12.3. The minimum atomic E-state index is -0.464. The number of hydrogen-bond acceptors (Lipinski definition) is 4. The van der Waals surface area contributed by atoms with Crippen molar-refractivity contribution < 1.29 is 4.39 Å². The monoisotopic (exact) mass is 262 g/mol. The lowest BCUT2D eigenvalue weighted by molar-refractivity contribution is 0.627. The molecule has 18 heavy (non-hydrogen) atoms. The lowest BCUT2D eigenvalue weighted by Crippen LogP contribution is -1.99. The normalized spacial score (nSPS) is 9.89. The molecule has 90 valence electrons. The Morgan fingerprint density at radius 2 is 2.11 bits per heavy atom. The lowest BCUT2D eigenvalue weighted by Gasteiger charge is -2.08. The van der Waals surface area contributed by atoms with Gasteiger partial charge in [0.2, 0.25) is 5.28 Å². The smallest absolute Gasteiger partial charge is 0.224 e. The van der Waals surface area contributed by atoms with Crippen LogP contribution in [0, 0.1) is 24.1 Å². The van der Waals surface area contributed by atoms with Gasteiger partial charge in [-0.3, -0.25) is 0 Å². The second-order valence-corrected chi connectivity index (χ2v) is 3.93. The number of halogens is 2. The van der Waals surface area contributed by atoms with Crippen molar-refractivity contribution in [2.24, 2.45) is 0 Å². The highest BCUT2D eigenvalue weighted by molar-refractivity contribution is 6.28. The summed E-state index contributed by atoms with van der Waals surface area (Å²) in [7, 11) is 0. The van der Waals surface area contributed by atoms with E-state index in [1.54, 1.807) is 13.0 Å². The van der Waals surface area contributed by atoms with Gasteiger partial charge in [0.25, 0.3) is 0 Å². The SMILES string of the molecule is Cc1cc(Nc2ccc(F)cc2C#N)nc(Cl)n1. The first-order valence-corrected chi connectivity index (χ1v) is 5.44. The van der Waals surface area contributed by atoms with E-state index in [1.807, 2.05) is 6.07 Å². The summed E-state index contributed by atoms with van der Waals surface area (Å²) in [5.41, 5.74) is 1.36. The van der Waals surface area contributed by atoms with Gasteiger partial charge in [0, 0.05) is 11.8 Å². The van der Waals surface area contributed by atoms with Crippen LogP contribution in [0.15, 0.2) is 24.3 Å². The summed E-state index contributed by atoms with van der Waals surface area (Å²) in [6.45, 7) is 1.77. The van der Waals surface area contributed by atoms with Crippen molar-refractivity contribution in [2.75, 3.05) is 5.32 Å². The van der Waals surface area contributed by atoms with Crippen LogP contribution in [0.5, 0.6) is 0 Å². The van der Waals surface area contributed by atoms with Crippen molar-refractivity contribution >= 4 is 23.1 Å². The van der Waals surface area contributed by atoms with Gasteiger partial charge >= 0.3 is 0 Å². The Morgan fingerprint density at radius 3 is 2.78 bits per heavy atom. The highest BCUT2D eigenvalue weighted by atomic mass is 35.5. The number of nitrogens with one attached hydrogen (secondary N) is 1. The van der Waals surface area contributed by atoms with Gasteiger partial charge in [-0.2, -0.15) is 5.26 Å². The third-order valence-electron chi connectivity index (χ3n) is 2.19. The molecule has 0 aliphatic rings. The quantitative estimate of drug-likeness (QED) is 0.845. The van der Waals surface area contributed by atoms with Crippen LogP contribution in [-0.4, -0.2) is 9.97 Å². The summed E-state index contributed by atoms with van der Waals surface area (Å²) in [6.07, 6.45) is 0. The average molecular weight is 263 g/mol. The second-order valence-electron chi connectivity index (χ2n) is 3.59. The fraction of sp³-hybridized carbons (Fsp3) is 0.0833. The number of benzene rings is 1. The zero-order valence-corrected chi connectivity index (χ0v) is 10.2. The number of anilines is 2. The number of nitrogens with zero attached hydrogens (tertiary/aromatic N) is 3. The predicted molar refractivity (Wildman–Crippen MR) is 66.2 cm³/mol. The number of nitriles is 1. The first-order valence-electron chi connectivity index (χ1n) is 5.06. The molecule has 6 heteroatoms. The largest absolute Gasteiger partial charge is 0.339 e. The van der Waals surface area contributed by atoms with E-state index < -0.39 is 5.82 Å². The standard InChI is InChI=1S/C12H8ClFN4/c1-7-4-11(18-12(13)16-7)17-10-3-2-9(14)5-8(10)6-15/h2-5H,1H3,(H,16,17,18). The highest BCUT2D eigenvalue weighted by Crippen LogP contribution is 2.21. The molecule has 0 unspecified atom stereocenters. The van der Waals surface area contributed by atoms with Crippen molar-refractivity contribution in [1.29, 1.82) is 5.26 Å². The second kappa shape index (κ2) is 4.98. The zero-order chi connectivity index (χ0) is 13.1. The molecule has 0 spiro atoms. The molecular formula is C12H8ClFN4. The van der Waals surface area contributed by atoms with Crippen molar-refractivity contribution in [3.63, 3.8) is 0 Å². The molecule has 1 heterocycles. The maximum atomic E-state index is 13.0. The minimum Gasteiger partial charge on any atom is -0.339 e. The lowest BCUT2D eigenvalue weighted by atomic mass is 10.2. The first-order chi connectivity index (χ1) is 8.58. The van der Waals surface area contributed by atoms with Gasteiger partial charge in [0.05, 0.1) is 11.3 Å². The topological polar surface area (TPSA) is 61.6 Å². The molecule has 0 atom stereocenters. The van der Waals surface area contributed by atoms with E-state index in [0.29, 0.717) is 17.2 Å². The molecule has 0 amide bonds. The summed E-state index contributed by atoms with van der Waals surface area (Å²) in [4.78, 5) is 7.89. The fourth-order valence-corrected chi connectivity index (χ4v) is 1.68. The van der Waals surface area contributed by atoms with E-state index in [-0.39, 0.29) is 10.8 Å². The molecule has 0 fully saturated rings. The van der Waals surface area contributed by atoms with Gasteiger partial charge in [-0.25, -0.2) is 14.4 Å². The molecule has 0 saturated carbocycles. The fourth-order valence-electron chi connectivity index (χ4n) is 1.45. The van der Waals surface area contributed by atoms with Crippen LogP contribution in [-0.2, 0) is 0 Å². The summed E-state index contributed by atoms with van der Waals surface area (Å²) in [5.74, 6) is -0.00962. The van der Waals surface area contributed by atoms with E-state index >= 15 is 0 Å². The Kier molecular flexibility index (Phi) is 3.40. The summed E-state index contributed by atoms with van der Waals surface area (Å²) >= 11 is 5.73. The molecule has 0 aliphatic heterocycles. The zero-order valence-electron chi connectivity index (χ0n) is 9.41. The molecule has 2 rings (SSSR count). The molecule has 0 radical (unpaired) electrons. The predicted octanol–water partition coefficient (Wildman–Crippen LogP) is 3.19. The molecule has 1 aromatic carbocycles. The van der Waals surface area contributed by atoms with Gasteiger partial charge in [0.1, 0.15) is 17.7 Å². The average Bonchev–Trinajstić information content (AvgIpc) is 2.30. The molecule has 1 aromatic heterocycles. The van der Waals surface area contributed by atoms with Gasteiger partial charge in [-0.1, -0.05) is 0 Å². The summed E-state index contributed by atoms with van der Waals surface area (Å²) in [5, 5.41) is 11.9. The van der Waals surface area contributed by atoms with Gasteiger partial charge in [0.15, 0.2) is 0 Å². The number of aryl methyl sites for hydroxylation is 1. The van der Waals surface area contributed by atoms with Crippen LogP contribution in [0.4, 0.5) is 15.9 Å². The molecule has 0 bridgehead atoms. The van der Waals surface area contributed by atoms with Crippen molar-refractivity contribution in [2.45, 2.75) is 6.92 Å². The Morgan fingerprint density at radius 1 is 1.33 bits per heavy atom. The van der Waals surface area contributed by atoms with Crippen molar-refractivity contribution in [3.8, 4) is 6.07 Å². The maximum absolute atomic E-state index is 13.0. The molecule has 4 nitrogen and oxygen atoms in total. The molecule has 0 aliphatic carbocycles.